The van der Waals surface area contributed by atoms with Crippen molar-refractivity contribution in [2.24, 2.45) is 7.05 Å². The minimum atomic E-state index is -0.701. The van der Waals surface area contributed by atoms with Crippen molar-refractivity contribution < 1.29 is 9.50 Å². The number of benzene rings is 1. The first-order valence-corrected chi connectivity index (χ1v) is 6.58. The van der Waals surface area contributed by atoms with Crippen LogP contribution in [0, 0.1) is 5.82 Å². The molecule has 0 saturated carbocycles. The third kappa shape index (κ3) is 2.85. The minimum absolute atomic E-state index is 0.296. The lowest BCUT2D eigenvalue weighted by Crippen LogP contribution is -2.02. The van der Waals surface area contributed by atoms with Gasteiger partial charge in [0.15, 0.2) is 0 Å². The van der Waals surface area contributed by atoms with Gasteiger partial charge in [-0.3, -0.25) is 9.78 Å². The van der Waals surface area contributed by atoms with Crippen molar-refractivity contribution in [3.8, 4) is 11.3 Å². The van der Waals surface area contributed by atoms with E-state index in [0.717, 1.165) is 11.1 Å². The van der Waals surface area contributed by atoms with Gasteiger partial charge >= 0.3 is 0 Å². The van der Waals surface area contributed by atoms with Crippen LogP contribution in [0.3, 0.4) is 0 Å². The lowest BCUT2D eigenvalue weighted by molar-refractivity contribution is 0.179. The number of hydrogen-bond donors (Lipinski definition) is 2. The van der Waals surface area contributed by atoms with E-state index >= 15 is 0 Å². The molecule has 0 bridgehead atoms. The number of nitrogens with zero attached hydrogens (tertiary/aromatic N) is 3. The van der Waals surface area contributed by atoms with Crippen molar-refractivity contribution >= 4 is 0 Å². The Labute approximate surface area is 121 Å². The lowest BCUT2D eigenvalue weighted by atomic mass is 10.0. The molecule has 0 aliphatic heterocycles. The first-order valence-electron chi connectivity index (χ1n) is 6.58. The maximum Gasteiger partial charge on any atom is 0.123 e. The number of H-pyrrole nitrogens is 1. The summed E-state index contributed by atoms with van der Waals surface area (Å²) in [6.07, 6.45) is 4.93. The molecule has 1 aromatic carbocycles. The zero-order valence-electron chi connectivity index (χ0n) is 11.5. The smallest absolute Gasteiger partial charge is 0.123 e. The molecule has 0 amide bonds. The summed E-state index contributed by atoms with van der Waals surface area (Å²) in [6.45, 7) is 0. The Morgan fingerprint density at radius 1 is 1.29 bits per heavy atom. The predicted octanol–water partition coefficient (Wildman–Crippen LogP) is 2.23. The third-order valence-electron chi connectivity index (χ3n) is 3.35. The van der Waals surface area contributed by atoms with Gasteiger partial charge in [-0.05, 0) is 29.8 Å². The van der Waals surface area contributed by atoms with Crippen molar-refractivity contribution in [1.82, 2.24) is 20.0 Å². The average Bonchev–Trinajstić information content (AvgIpc) is 3.09. The van der Waals surface area contributed by atoms with Gasteiger partial charge in [-0.25, -0.2) is 4.39 Å². The third-order valence-corrected chi connectivity index (χ3v) is 3.35. The number of aliphatic hydroxyl groups is 1. The van der Waals surface area contributed by atoms with Crippen molar-refractivity contribution in [3.63, 3.8) is 0 Å². The average molecular weight is 286 g/mol. The summed E-state index contributed by atoms with van der Waals surface area (Å²) in [5, 5.41) is 21.3. The molecule has 0 radical (unpaired) electrons. The van der Waals surface area contributed by atoms with Gasteiger partial charge in [0.2, 0.25) is 0 Å². The highest BCUT2D eigenvalue weighted by atomic mass is 19.1. The van der Waals surface area contributed by atoms with Gasteiger partial charge in [-0.15, -0.1) is 0 Å². The molecular formula is C15H15FN4O. The van der Waals surface area contributed by atoms with Gasteiger partial charge in [0, 0.05) is 30.8 Å². The number of aryl methyl sites for hydroxylation is 1. The van der Waals surface area contributed by atoms with Crippen LogP contribution in [0.25, 0.3) is 11.3 Å². The van der Waals surface area contributed by atoms with Crippen LogP contribution in [0.4, 0.5) is 4.39 Å². The fourth-order valence-corrected chi connectivity index (χ4v) is 2.31. The summed E-state index contributed by atoms with van der Waals surface area (Å²) < 4.78 is 14.7. The van der Waals surface area contributed by atoms with Crippen LogP contribution in [0.5, 0.6) is 0 Å². The quantitative estimate of drug-likeness (QED) is 0.773. The Balaban J connectivity index is 1.86. The molecule has 0 aliphatic carbocycles. The zero-order chi connectivity index (χ0) is 14.8. The fraction of sp³-hybridized carbons (Fsp3) is 0.200. The van der Waals surface area contributed by atoms with Crippen LogP contribution >= 0.6 is 0 Å². The summed E-state index contributed by atoms with van der Waals surface area (Å²) in [5.41, 5.74) is 3.11. The summed E-state index contributed by atoms with van der Waals surface area (Å²) in [4.78, 5) is 0. The maximum absolute atomic E-state index is 13.0. The van der Waals surface area contributed by atoms with E-state index in [-0.39, 0.29) is 5.82 Å². The lowest BCUT2D eigenvalue weighted by Gasteiger charge is -2.10. The zero-order valence-corrected chi connectivity index (χ0v) is 11.5. The van der Waals surface area contributed by atoms with E-state index in [2.05, 4.69) is 15.3 Å². The molecule has 6 heteroatoms. The summed E-state index contributed by atoms with van der Waals surface area (Å²) in [6, 6.07) is 6.08. The second-order valence-corrected chi connectivity index (χ2v) is 4.95. The van der Waals surface area contributed by atoms with Crippen LogP contribution in [-0.4, -0.2) is 25.1 Å². The molecule has 0 fully saturated rings. The first-order chi connectivity index (χ1) is 10.1. The molecule has 0 aliphatic rings. The van der Waals surface area contributed by atoms with E-state index in [1.807, 2.05) is 13.2 Å². The molecule has 1 atom stereocenters. The van der Waals surface area contributed by atoms with Crippen LogP contribution in [0.15, 0.2) is 42.9 Å². The first kappa shape index (κ1) is 13.5. The number of halogens is 1. The fourth-order valence-electron chi connectivity index (χ4n) is 2.31. The highest BCUT2D eigenvalue weighted by Crippen LogP contribution is 2.28. The summed E-state index contributed by atoms with van der Waals surface area (Å²) in [7, 11) is 1.83. The second-order valence-electron chi connectivity index (χ2n) is 4.95. The van der Waals surface area contributed by atoms with Crippen molar-refractivity contribution in [1.29, 1.82) is 0 Å². The molecule has 2 N–H and O–H groups in total. The predicted molar refractivity (Wildman–Crippen MR) is 75.9 cm³/mol. The molecule has 21 heavy (non-hydrogen) atoms. The van der Waals surface area contributed by atoms with Crippen LogP contribution in [-0.2, 0) is 13.5 Å². The SMILES string of the molecule is Cn1cc(CC(O)c2cn[nH]c2-c2ccc(F)cc2)cn1. The number of rotatable bonds is 4. The Morgan fingerprint density at radius 2 is 2.05 bits per heavy atom. The molecule has 108 valence electrons. The van der Waals surface area contributed by atoms with Crippen molar-refractivity contribution in [2.75, 3.05) is 0 Å². The van der Waals surface area contributed by atoms with Crippen molar-refractivity contribution in [3.05, 3.63) is 59.8 Å². The molecule has 3 rings (SSSR count). The summed E-state index contributed by atoms with van der Waals surface area (Å²) in [5.74, 6) is -0.296. The Bertz CT molecular complexity index is 732. The Morgan fingerprint density at radius 3 is 2.71 bits per heavy atom. The Kier molecular flexibility index (Phi) is 3.53. The van der Waals surface area contributed by atoms with Gasteiger partial charge in [-0.2, -0.15) is 10.2 Å². The normalized spacial score (nSPS) is 12.5. The largest absolute Gasteiger partial charge is 0.388 e. The van der Waals surface area contributed by atoms with E-state index in [0.29, 0.717) is 17.7 Å². The van der Waals surface area contributed by atoms with Crippen LogP contribution in [0.1, 0.15) is 17.2 Å². The summed E-state index contributed by atoms with van der Waals surface area (Å²) >= 11 is 0. The van der Waals surface area contributed by atoms with Gasteiger partial charge in [0.1, 0.15) is 5.82 Å². The molecule has 0 spiro atoms. The van der Waals surface area contributed by atoms with Gasteiger partial charge in [-0.1, -0.05) is 0 Å². The molecule has 1 unspecified atom stereocenters. The van der Waals surface area contributed by atoms with E-state index in [9.17, 15) is 9.50 Å². The van der Waals surface area contributed by atoms with Crippen LogP contribution < -0.4 is 0 Å². The van der Waals surface area contributed by atoms with Gasteiger partial charge in [0.25, 0.3) is 0 Å². The number of nitrogens with one attached hydrogen (secondary N) is 1. The highest BCUT2D eigenvalue weighted by Gasteiger charge is 2.17. The molecular weight excluding hydrogens is 271 g/mol. The highest BCUT2D eigenvalue weighted by molar-refractivity contribution is 5.63. The maximum atomic E-state index is 13.0. The standard InChI is InChI=1S/C15H15FN4O/c1-20-9-10(7-18-20)6-14(21)13-8-17-19-15(13)11-2-4-12(16)5-3-11/h2-5,7-9,14,21H,6H2,1H3,(H,17,19). The van der Waals surface area contributed by atoms with Crippen molar-refractivity contribution in [2.45, 2.75) is 12.5 Å². The number of hydrogen-bond acceptors (Lipinski definition) is 3. The van der Waals surface area contributed by atoms with Crippen LogP contribution in [0.2, 0.25) is 0 Å². The molecule has 5 nitrogen and oxygen atoms in total. The van der Waals surface area contributed by atoms with E-state index < -0.39 is 6.10 Å². The van der Waals surface area contributed by atoms with Gasteiger partial charge in [0.05, 0.1) is 24.2 Å². The van der Waals surface area contributed by atoms with Gasteiger partial charge < -0.3 is 5.11 Å². The monoisotopic (exact) mass is 286 g/mol. The molecule has 2 heterocycles. The second kappa shape index (κ2) is 5.49. The Hall–Kier alpha value is -2.47. The topological polar surface area (TPSA) is 66.7 Å². The number of aromatic amines is 1. The molecule has 0 saturated heterocycles. The molecule has 2 aromatic heterocycles. The number of aliphatic hydroxyl groups excluding tert-OH is 1. The van der Waals surface area contributed by atoms with E-state index in [1.54, 1.807) is 29.2 Å². The minimum Gasteiger partial charge on any atom is -0.388 e. The number of aromatic nitrogens is 4. The van der Waals surface area contributed by atoms with E-state index in [1.165, 1.54) is 12.1 Å². The molecule has 3 aromatic rings. The van der Waals surface area contributed by atoms with E-state index in [4.69, 9.17) is 0 Å².